The van der Waals surface area contributed by atoms with Gasteiger partial charge in [0.05, 0.1) is 6.10 Å². The number of aliphatic hydroxyl groups is 1. The summed E-state index contributed by atoms with van der Waals surface area (Å²) in [6.45, 7) is 21.8. The lowest BCUT2D eigenvalue weighted by atomic mass is 9.41. The van der Waals surface area contributed by atoms with Crippen LogP contribution < -0.4 is 0 Å². The van der Waals surface area contributed by atoms with E-state index < -0.39 is 0 Å². The van der Waals surface area contributed by atoms with Crippen LogP contribution in [0.1, 0.15) is 119 Å². The molecule has 0 aromatic rings. The quantitative estimate of drug-likeness (QED) is 0.425. The van der Waals surface area contributed by atoms with Crippen LogP contribution in [0.15, 0.2) is 12.2 Å². The molecule has 0 aliphatic heterocycles. The minimum Gasteiger partial charge on any atom is -0.393 e. The molecule has 0 heterocycles. The summed E-state index contributed by atoms with van der Waals surface area (Å²) in [6, 6.07) is 0. The van der Waals surface area contributed by atoms with Gasteiger partial charge in [-0.25, -0.2) is 0 Å². The van der Waals surface area contributed by atoms with E-state index in [1.807, 2.05) is 0 Å². The first-order valence-electron chi connectivity index (χ1n) is 14.2. The van der Waals surface area contributed by atoms with Crippen molar-refractivity contribution in [3.05, 3.63) is 12.2 Å². The second kappa shape index (κ2) is 7.11. The van der Waals surface area contributed by atoms with E-state index in [1.54, 1.807) is 0 Å². The van der Waals surface area contributed by atoms with Crippen LogP contribution in [0.5, 0.6) is 0 Å². The Morgan fingerprint density at radius 2 is 1.50 bits per heavy atom. The molecule has 2 spiro atoms. The highest BCUT2D eigenvalue weighted by Crippen LogP contribution is 2.89. The summed E-state index contributed by atoms with van der Waals surface area (Å²) in [5.41, 5.74) is 3.79. The van der Waals surface area contributed by atoms with Gasteiger partial charge in [-0.05, 0) is 127 Å². The summed E-state index contributed by atoms with van der Waals surface area (Å²) in [5, 5.41) is 10.9. The number of hydrogen-bond acceptors (Lipinski definition) is 1. The number of aliphatic hydroxyl groups excluding tert-OH is 1. The average Bonchev–Trinajstić information content (AvgIpc) is 3.31. The van der Waals surface area contributed by atoms with E-state index in [4.69, 9.17) is 0 Å². The molecule has 0 saturated heterocycles. The zero-order valence-corrected chi connectivity index (χ0v) is 22.4. The molecule has 0 aromatic heterocycles. The second-order valence-electron chi connectivity index (χ2n) is 14.9. The lowest BCUT2D eigenvalue weighted by Crippen LogP contribution is -2.57. The first-order valence-corrected chi connectivity index (χ1v) is 14.2. The Labute approximate surface area is 199 Å². The molecule has 5 fully saturated rings. The summed E-state index contributed by atoms with van der Waals surface area (Å²) in [6.07, 6.45) is 15.0. The van der Waals surface area contributed by atoms with Crippen molar-refractivity contribution >= 4 is 0 Å². The fourth-order valence-electron chi connectivity index (χ4n) is 11.2. The zero-order chi connectivity index (χ0) is 23.3. The van der Waals surface area contributed by atoms with Gasteiger partial charge in [-0.2, -0.15) is 0 Å². The molecule has 32 heavy (non-hydrogen) atoms. The van der Waals surface area contributed by atoms with E-state index in [2.05, 4.69) is 55.0 Å². The van der Waals surface area contributed by atoms with Gasteiger partial charge in [-0.1, -0.05) is 60.6 Å². The van der Waals surface area contributed by atoms with E-state index in [9.17, 15) is 5.11 Å². The molecule has 0 bridgehead atoms. The fourth-order valence-corrected chi connectivity index (χ4v) is 11.2. The molecule has 2 unspecified atom stereocenters. The first kappa shape index (κ1) is 23.4. The summed E-state index contributed by atoms with van der Waals surface area (Å²) < 4.78 is 0. The number of rotatable bonds is 5. The van der Waals surface area contributed by atoms with Crippen molar-refractivity contribution in [2.24, 2.45) is 56.7 Å². The fraction of sp³-hybridized carbons (Fsp3) is 0.935. The second-order valence-corrected chi connectivity index (χ2v) is 14.9. The van der Waals surface area contributed by atoms with Crippen molar-refractivity contribution in [2.75, 3.05) is 0 Å². The molecule has 0 radical (unpaired) electrons. The lowest BCUT2D eigenvalue weighted by Gasteiger charge is -2.63. The Hall–Kier alpha value is -0.300. The molecule has 1 heteroatoms. The highest BCUT2D eigenvalue weighted by Gasteiger charge is 2.82. The Bertz CT molecular complexity index is 779. The number of allylic oxidation sites excluding steroid dienone is 1. The highest BCUT2D eigenvalue weighted by atomic mass is 16.3. The highest BCUT2D eigenvalue weighted by molar-refractivity contribution is 5.30. The summed E-state index contributed by atoms with van der Waals surface area (Å²) in [7, 11) is 0. The van der Waals surface area contributed by atoms with Crippen LogP contribution in [0.4, 0.5) is 0 Å². The SMILES string of the molecule is C=C(CCC(C)[C@H]1CC[C@@]2(C)C3CC[C@H]4C(C)(C)[C@@H](O)CC[C@@]45C[C@@]35CC[C@]12C)C(C)C. The Balaban J connectivity index is 1.39. The summed E-state index contributed by atoms with van der Waals surface area (Å²) >= 11 is 0. The van der Waals surface area contributed by atoms with Crippen LogP contribution in [0, 0.1) is 56.7 Å². The molecule has 182 valence electrons. The molecule has 5 saturated carbocycles. The normalized spacial score (nSPS) is 51.9. The maximum Gasteiger partial charge on any atom is 0.0594 e. The molecule has 5 rings (SSSR count). The first-order chi connectivity index (χ1) is 14.9. The Morgan fingerprint density at radius 1 is 0.844 bits per heavy atom. The predicted molar refractivity (Wildman–Crippen MR) is 135 cm³/mol. The molecule has 0 amide bonds. The van der Waals surface area contributed by atoms with Crippen molar-refractivity contribution in [3.8, 4) is 0 Å². The smallest absolute Gasteiger partial charge is 0.0594 e. The monoisotopic (exact) mass is 440 g/mol. The minimum absolute atomic E-state index is 0.0888. The molecule has 0 aromatic carbocycles. The third kappa shape index (κ3) is 2.73. The Kier molecular flexibility index (Phi) is 5.21. The topological polar surface area (TPSA) is 20.2 Å². The standard InChI is InChI=1S/C31H52O/c1-20(2)21(3)9-10-22(4)23-13-15-29(8)25-12-11-24-27(5,6)26(32)14-16-30(24)19-31(25,30)18-17-28(23,29)7/h20,22-26,32H,3,9-19H2,1-2,4-8H3/t22?,23-,24+,25?,26+,28-,29+,30-,31+/m1/s1. The van der Waals surface area contributed by atoms with Crippen LogP contribution in [-0.2, 0) is 0 Å². The van der Waals surface area contributed by atoms with Crippen molar-refractivity contribution in [1.82, 2.24) is 0 Å². The van der Waals surface area contributed by atoms with Crippen molar-refractivity contribution in [1.29, 1.82) is 0 Å². The molecule has 1 N–H and O–H groups in total. The summed E-state index contributed by atoms with van der Waals surface area (Å²) in [4.78, 5) is 0. The van der Waals surface area contributed by atoms with E-state index >= 15 is 0 Å². The van der Waals surface area contributed by atoms with Gasteiger partial charge in [0.1, 0.15) is 0 Å². The van der Waals surface area contributed by atoms with Gasteiger partial charge in [0.15, 0.2) is 0 Å². The van der Waals surface area contributed by atoms with Crippen LogP contribution in [0.25, 0.3) is 0 Å². The van der Waals surface area contributed by atoms with E-state index in [-0.39, 0.29) is 11.5 Å². The van der Waals surface area contributed by atoms with E-state index in [0.717, 1.165) is 30.1 Å². The van der Waals surface area contributed by atoms with Gasteiger partial charge >= 0.3 is 0 Å². The van der Waals surface area contributed by atoms with Crippen LogP contribution in [0.2, 0.25) is 0 Å². The average molecular weight is 441 g/mol. The maximum absolute atomic E-state index is 10.9. The molecule has 5 aliphatic rings. The maximum atomic E-state index is 10.9. The number of hydrogen-bond donors (Lipinski definition) is 1. The lowest BCUT2D eigenvalue weighted by molar-refractivity contribution is -0.161. The largest absolute Gasteiger partial charge is 0.393 e. The van der Waals surface area contributed by atoms with Crippen LogP contribution in [0.3, 0.4) is 0 Å². The van der Waals surface area contributed by atoms with Crippen molar-refractivity contribution < 1.29 is 5.11 Å². The van der Waals surface area contributed by atoms with Gasteiger partial charge in [0.25, 0.3) is 0 Å². The van der Waals surface area contributed by atoms with Gasteiger partial charge < -0.3 is 5.11 Å². The van der Waals surface area contributed by atoms with Gasteiger partial charge in [0.2, 0.25) is 0 Å². The summed E-state index contributed by atoms with van der Waals surface area (Å²) in [5.74, 6) is 4.02. The molecule has 9 atom stereocenters. The number of fused-ring (bicyclic) bond motifs is 2. The van der Waals surface area contributed by atoms with Crippen molar-refractivity contribution in [3.63, 3.8) is 0 Å². The molecule has 1 nitrogen and oxygen atoms in total. The zero-order valence-electron chi connectivity index (χ0n) is 22.4. The predicted octanol–water partition coefficient (Wildman–Crippen LogP) is 8.41. The minimum atomic E-state index is -0.0888. The van der Waals surface area contributed by atoms with Gasteiger partial charge in [-0.15, -0.1) is 0 Å². The van der Waals surface area contributed by atoms with E-state index in [1.165, 1.54) is 69.8 Å². The van der Waals surface area contributed by atoms with E-state index in [0.29, 0.717) is 27.6 Å². The molecular formula is C31H52O. The third-order valence-corrected chi connectivity index (χ3v) is 13.6. The Morgan fingerprint density at radius 3 is 2.19 bits per heavy atom. The van der Waals surface area contributed by atoms with Crippen LogP contribution in [-0.4, -0.2) is 11.2 Å². The molecule has 5 aliphatic carbocycles. The van der Waals surface area contributed by atoms with Crippen LogP contribution >= 0.6 is 0 Å². The van der Waals surface area contributed by atoms with Gasteiger partial charge in [-0.3, -0.25) is 0 Å². The van der Waals surface area contributed by atoms with Gasteiger partial charge in [0, 0.05) is 0 Å². The molecular weight excluding hydrogens is 388 g/mol. The third-order valence-electron chi connectivity index (χ3n) is 13.6. The van der Waals surface area contributed by atoms with Crippen molar-refractivity contribution in [2.45, 2.75) is 125 Å².